The number of nitrogens with one attached hydrogen (secondary N) is 1. The van der Waals surface area contributed by atoms with Crippen LogP contribution < -0.4 is 9.62 Å². The molecule has 3 aromatic carbocycles. The molecule has 1 saturated heterocycles. The number of likely N-dealkylation sites (tertiary alicyclic amines) is 1. The van der Waals surface area contributed by atoms with Crippen molar-refractivity contribution >= 4 is 44.8 Å². The molecule has 0 radical (unpaired) electrons. The Hall–Kier alpha value is -2.58. The average molecular weight is 547 g/mol. The predicted octanol–water partition coefficient (Wildman–Crippen LogP) is 5.41. The molecule has 36 heavy (non-hydrogen) atoms. The molecule has 0 unspecified atom stereocenters. The van der Waals surface area contributed by atoms with Crippen molar-refractivity contribution < 1.29 is 13.2 Å². The van der Waals surface area contributed by atoms with E-state index in [-0.39, 0.29) is 22.2 Å². The smallest absolute Gasteiger partial charge is 0.264 e. The number of aryl methyl sites for hydroxylation is 1. The number of benzene rings is 3. The second kappa shape index (κ2) is 11.6. The molecule has 6 nitrogen and oxygen atoms in total. The minimum absolute atomic E-state index is 0.0616. The quantitative estimate of drug-likeness (QED) is 0.390. The molecule has 9 heteroatoms. The molecular formula is C27H29Cl2N3O3S. The first-order valence-electron chi connectivity index (χ1n) is 11.8. The fraction of sp³-hybridized carbons (Fsp3) is 0.296. The van der Waals surface area contributed by atoms with Crippen molar-refractivity contribution in [3.8, 4) is 0 Å². The molecule has 190 valence electrons. The fourth-order valence-corrected chi connectivity index (χ4v) is 6.11. The number of hydrogen-bond donors (Lipinski definition) is 1. The third-order valence-electron chi connectivity index (χ3n) is 6.16. The van der Waals surface area contributed by atoms with Gasteiger partial charge in [-0.1, -0.05) is 65.2 Å². The van der Waals surface area contributed by atoms with E-state index < -0.39 is 22.5 Å². The van der Waals surface area contributed by atoms with Gasteiger partial charge in [-0.05, 0) is 74.3 Å². The summed E-state index contributed by atoms with van der Waals surface area (Å²) in [5.74, 6) is -0.452. The van der Waals surface area contributed by atoms with Crippen LogP contribution in [-0.2, 0) is 27.9 Å². The van der Waals surface area contributed by atoms with Gasteiger partial charge in [0.1, 0.15) is 6.54 Å². The number of anilines is 1. The zero-order valence-electron chi connectivity index (χ0n) is 20.1. The lowest BCUT2D eigenvalue weighted by Crippen LogP contribution is -2.40. The number of carbonyl (C=O) groups excluding carboxylic acids is 1. The van der Waals surface area contributed by atoms with Gasteiger partial charge in [0, 0.05) is 18.1 Å². The van der Waals surface area contributed by atoms with Crippen molar-refractivity contribution in [2.75, 3.05) is 23.9 Å². The van der Waals surface area contributed by atoms with Crippen LogP contribution in [0.1, 0.15) is 29.5 Å². The molecule has 0 bridgehead atoms. The van der Waals surface area contributed by atoms with Crippen LogP contribution in [0.4, 0.5) is 5.69 Å². The Balaban J connectivity index is 1.52. The van der Waals surface area contributed by atoms with Crippen molar-refractivity contribution in [1.29, 1.82) is 0 Å². The minimum Gasteiger partial charge on any atom is -0.350 e. The first-order valence-corrected chi connectivity index (χ1v) is 14.0. The van der Waals surface area contributed by atoms with Crippen molar-refractivity contribution in [2.45, 2.75) is 37.8 Å². The third kappa shape index (κ3) is 6.59. The number of amides is 1. The Morgan fingerprint density at radius 3 is 2.39 bits per heavy atom. The lowest BCUT2D eigenvalue weighted by atomic mass is 10.1. The normalized spacial score (nSPS) is 14.1. The fourth-order valence-electron chi connectivity index (χ4n) is 4.24. The maximum Gasteiger partial charge on any atom is 0.264 e. The summed E-state index contributed by atoms with van der Waals surface area (Å²) in [6.07, 6.45) is 2.46. The third-order valence-corrected chi connectivity index (χ3v) is 8.49. The predicted molar refractivity (Wildman–Crippen MR) is 145 cm³/mol. The Morgan fingerprint density at radius 2 is 1.67 bits per heavy atom. The SMILES string of the molecule is Cc1ccc(S(=O)(=O)N(CC(=O)NCc2cccc(CN3CCCC3)c2)c2cc(Cl)ccc2Cl)cc1. The van der Waals surface area contributed by atoms with Gasteiger partial charge in [0.25, 0.3) is 10.0 Å². The molecule has 0 saturated carbocycles. The summed E-state index contributed by atoms with van der Waals surface area (Å²) in [4.78, 5) is 15.5. The second-order valence-corrected chi connectivity index (χ2v) is 11.7. The van der Waals surface area contributed by atoms with Gasteiger partial charge in [0.05, 0.1) is 15.6 Å². The molecule has 1 fully saturated rings. The van der Waals surface area contributed by atoms with Crippen LogP contribution >= 0.6 is 23.2 Å². The van der Waals surface area contributed by atoms with Crippen molar-refractivity contribution in [1.82, 2.24) is 10.2 Å². The molecule has 0 atom stereocenters. The maximum atomic E-state index is 13.6. The van der Waals surface area contributed by atoms with Crippen LogP contribution in [-0.4, -0.2) is 38.9 Å². The van der Waals surface area contributed by atoms with Crippen LogP contribution in [0.3, 0.4) is 0 Å². The molecule has 0 aliphatic carbocycles. The topological polar surface area (TPSA) is 69.7 Å². The molecular weight excluding hydrogens is 517 g/mol. The number of sulfonamides is 1. The summed E-state index contributed by atoms with van der Waals surface area (Å²) >= 11 is 12.5. The van der Waals surface area contributed by atoms with Crippen molar-refractivity contribution in [3.05, 3.63) is 93.5 Å². The lowest BCUT2D eigenvalue weighted by Gasteiger charge is -2.25. The lowest BCUT2D eigenvalue weighted by molar-refractivity contribution is -0.119. The number of halogens is 2. The first kappa shape index (κ1) is 26.5. The van der Waals surface area contributed by atoms with E-state index >= 15 is 0 Å². The van der Waals surface area contributed by atoms with Crippen LogP contribution in [0.15, 0.2) is 71.6 Å². The van der Waals surface area contributed by atoms with Gasteiger partial charge in [-0.15, -0.1) is 0 Å². The van der Waals surface area contributed by atoms with Crippen LogP contribution in [0.5, 0.6) is 0 Å². The van der Waals surface area contributed by atoms with Gasteiger partial charge in [-0.2, -0.15) is 0 Å². The average Bonchev–Trinajstić information content (AvgIpc) is 3.36. The van der Waals surface area contributed by atoms with E-state index in [4.69, 9.17) is 23.2 Å². The molecule has 4 rings (SSSR count). The minimum atomic E-state index is -4.08. The van der Waals surface area contributed by atoms with E-state index in [1.54, 1.807) is 18.2 Å². The molecule has 1 aliphatic heterocycles. The van der Waals surface area contributed by atoms with E-state index in [1.807, 2.05) is 19.1 Å². The van der Waals surface area contributed by atoms with Gasteiger partial charge in [-0.25, -0.2) is 8.42 Å². The standard InChI is InChI=1S/C27H29Cl2N3O3S/c1-20-7-10-24(11-8-20)36(34,35)32(26-16-23(28)9-12-25(26)29)19-27(33)30-17-21-5-4-6-22(15-21)18-31-13-2-3-14-31/h4-12,15-16H,2-3,13-14,17-19H2,1H3,(H,30,33). The summed E-state index contributed by atoms with van der Waals surface area (Å²) in [7, 11) is -4.08. The Labute approximate surface area is 222 Å². The highest BCUT2D eigenvalue weighted by Crippen LogP contribution is 2.33. The van der Waals surface area contributed by atoms with Gasteiger partial charge >= 0.3 is 0 Å². The molecule has 3 aromatic rings. The van der Waals surface area contributed by atoms with Crippen LogP contribution in [0.25, 0.3) is 0 Å². The maximum absolute atomic E-state index is 13.6. The Bertz CT molecular complexity index is 1320. The Kier molecular flexibility index (Phi) is 8.57. The first-order chi connectivity index (χ1) is 17.2. The number of hydrogen-bond acceptors (Lipinski definition) is 4. The molecule has 1 aliphatic rings. The highest BCUT2D eigenvalue weighted by Gasteiger charge is 2.29. The summed E-state index contributed by atoms with van der Waals surface area (Å²) < 4.78 is 28.1. The summed E-state index contributed by atoms with van der Waals surface area (Å²) in [6.45, 7) is 4.82. The van der Waals surface area contributed by atoms with Gasteiger partial charge in [0.2, 0.25) is 5.91 Å². The molecule has 1 N–H and O–H groups in total. The van der Waals surface area contributed by atoms with Crippen molar-refractivity contribution in [3.63, 3.8) is 0 Å². The monoisotopic (exact) mass is 545 g/mol. The number of rotatable bonds is 9. The Morgan fingerprint density at radius 1 is 0.972 bits per heavy atom. The van der Waals surface area contributed by atoms with Gasteiger partial charge < -0.3 is 5.32 Å². The molecule has 1 amide bonds. The molecule has 1 heterocycles. The van der Waals surface area contributed by atoms with E-state index in [2.05, 4.69) is 22.3 Å². The zero-order chi connectivity index (χ0) is 25.7. The number of nitrogens with zero attached hydrogens (tertiary/aromatic N) is 2. The van der Waals surface area contributed by atoms with E-state index in [0.717, 1.165) is 35.1 Å². The largest absolute Gasteiger partial charge is 0.350 e. The summed E-state index contributed by atoms with van der Waals surface area (Å²) in [6, 6.07) is 19.1. The van der Waals surface area contributed by atoms with Crippen LogP contribution in [0.2, 0.25) is 10.0 Å². The van der Waals surface area contributed by atoms with Crippen molar-refractivity contribution in [2.24, 2.45) is 0 Å². The highest BCUT2D eigenvalue weighted by atomic mass is 35.5. The van der Waals surface area contributed by atoms with E-state index in [0.29, 0.717) is 5.02 Å². The highest BCUT2D eigenvalue weighted by molar-refractivity contribution is 7.92. The summed E-state index contributed by atoms with van der Waals surface area (Å²) in [5, 5.41) is 3.34. The molecule has 0 aromatic heterocycles. The van der Waals surface area contributed by atoms with E-state index in [1.165, 1.54) is 42.7 Å². The van der Waals surface area contributed by atoms with Gasteiger partial charge in [-0.3, -0.25) is 14.0 Å². The zero-order valence-corrected chi connectivity index (χ0v) is 22.4. The van der Waals surface area contributed by atoms with Gasteiger partial charge in [0.15, 0.2) is 0 Å². The second-order valence-electron chi connectivity index (χ2n) is 9.00. The van der Waals surface area contributed by atoms with Crippen LogP contribution in [0, 0.1) is 6.92 Å². The molecule has 0 spiro atoms. The van der Waals surface area contributed by atoms with E-state index in [9.17, 15) is 13.2 Å². The summed E-state index contributed by atoms with van der Waals surface area (Å²) in [5.41, 5.74) is 3.21. The number of carbonyl (C=O) groups is 1.